The molecular formula is C11H16O2S. The van der Waals surface area contributed by atoms with Crippen LogP contribution in [0.3, 0.4) is 0 Å². The van der Waals surface area contributed by atoms with E-state index in [0.29, 0.717) is 18.9 Å². The summed E-state index contributed by atoms with van der Waals surface area (Å²) in [6, 6.07) is 1.99. The molecule has 0 amide bonds. The van der Waals surface area contributed by atoms with E-state index in [1.807, 2.05) is 25.3 Å². The number of thiophene rings is 1. The molecule has 3 heteroatoms. The maximum atomic E-state index is 11.8. The molecule has 1 aromatic rings. The van der Waals surface area contributed by atoms with Crippen molar-refractivity contribution in [2.45, 2.75) is 20.3 Å². The van der Waals surface area contributed by atoms with Gasteiger partial charge in [0.15, 0.2) is 5.78 Å². The SMILES string of the molecule is COCC(C)CC(=O)c1sccc1C. The van der Waals surface area contributed by atoms with Crippen molar-refractivity contribution < 1.29 is 9.53 Å². The Morgan fingerprint density at radius 1 is 1.64 bits per heavy atom. The molecular weight excluding hydrogens is 196 g/mol. The lowest BCUT2D eigenvalue weighted by Crippen LogP contribution is -2.10. The van der Waals surface area contributed by atoms with Crippen molar-refractivity contribution in [2.75, 3.05) is 13.7 Å². The van der Waals surface area contributed by atoms with Crippen LogP contribution < -0.4 is 0 Å². The van der Waals surface area contributed by atoms with Crippen molar-refractivity contribution in [3.63, 3.8) is 0 Å². The number of ketones is 1. The molecule has 0 saturated carbocycles. The van der Waals surface area contributed by atoms with Gasteiger partial charge >= 0.3 is 0 Å². The fraction of sp³-hybridized carbons (Fsp3) is 0.545. The molecule has 1 aromatic heterocycles. The molecule has 78 valence electrons. The molecule has 0 aliphatic carbocycles. The predicted molar refractivity (Wildman–Crippen MR) is 59.0 cm³/mol. The van der Waals surface area contributed by atoms with Crippen molar-refractivity contribution in [1.29, 1.82) is 0 Å². The van der Waals surface area contributed by atoms with Gasteiger partial charge in [0.2, 0.25) is 0 Å². The highest BCUT2D eigenvalue weighted by atomic mass is 32.1. The maximum absolute atomic E-state index is 11.8. The van der Waals surface area contributed by atoms with Gasteiger partial charge < -0.3 is 4.74 Å². The highest BCUT2D eigenvalue weighted by molar-refractivity contribution is 7.12. The number of hydrogen-bond acceptors (Lipinski definition) is 3. The standard InChI is InChI=1S/C11H16O2S/c1-8(7-13-3)6-10(12)11-9(2)4-5-14-11/h4-5,8H,6-7H2,1-3H3. The number of carbonyl (C=O) groups is 1. The number of ether oxygens (including phenoxy) is 1. The summed E-state index contributed by atoms with van der Waals surface area (Å²) in [5.41, 5.74) is 1.09. The topological polar surface area (TPSA) is 26.3 Å². The Labute approximate surface area is 88.9 Å². The summed E-state index contributed by atoms with van der Waals surface area (Å²) < 4.78 is 5.00. The molecule has 0 aliphatic heterocycles. The summed E-state index contributed by atoms with van der Waals surface area (Å²) in [5, 5.41) is 1.96. The van der Waals surface area contributed by atoms with Crippen LogP contribution in [0.15, 0.2) is 11.4 Å². The Balaban J connectivity index is 2.55. The second kappa shape index (κ2) is 5.27. The van der Waals surface area contributed by atoms with Gasteiger partial charge in [-0.15, -0.1) is 11.3 Å². The van der Waals surface area contributed by atoms with Gasteiger partial charge in [-0.05, 0) is 29.9 Å². The summed E-state index contributed by atoms with van der Waals surface area (Å²) in [4.78, 5) is 12.7. The van der Waals surface area contributed by atoms with Crippen molar-refractivity contribution in [3.8, 4) is 0 Å². The van der Waals surface area contributed by atoms with Crippen molar-refractivity contribution >= 4 is 17.1 Å². The number of rotatable bonds is 5. The lowest BCUT2D eigenvalue weighted by atomic mass is 10.0. The summed E-state index contributed by atoms with van der Waals surface area (Å²) in [5.74, 6) is 0.538. The molecule has 0 fully saturated rings. The average Bonchev–Trinajstić information content (AvgIpc) is 2.51. The zero-order valence-corrected chi connectivity index (χ0v) is 9.69. The third kappa shape index (κ3) is 2.93. The molecule has 1 unspecified atom stereocenters. The number of methoxy groups -OCH3 is 1. The average molecular weight is 212 g/mol. The van der Waals surface area contributed by atoms with Crippen LogP contribution in [-0.2, 0) is 4.74 Å². The first-order valence-corrected chi connectivity index (χ1v) is 5.59. The Hall–Kier alpha value is -0.670. The number of aryl methyl sites for hydroxylation is 1. The van der Waals surface area contributed by atoms with E-state index in [9.17, 15) is 4.79 Å². The molecule has 0 N–H and O–H groups in total. The van der Waals surface area contributed by atoms with Gasteiger partial charge in [-0.2, -0.15) is 0 Å². The first kappa shape index (κ1) is 11.4. The van der Waals surface area contributed by atoms with Crippen LogP contribution in [0.4, 0.5) is 0 Å². The maximum Gasteiger partial charge on any atom is 0.173 e. The molecule has 0 bridgehead atoms. The minimum Gasteiger partial charge on any atom is -0.384 e. The van der Waals surface area contributed by atoms with Crippen LogP contribution in [-0.4, -0.2) is 19.5 Å². The minimum absolute atomic E-state index is 0.238. The Kier molecular flexibility index (Phi) is 4.29. The molecule has 2 nitrogen and oxygen atoms in total. The Bertz CT molecular complexity index is 304. The third-order valence-electron chi connectivity index (χ3n) is 2.10. The summed E-state index contributed by atoms with van der Waals surface area (Å²) in [6.45, 7) is 4.66. The van der Waals surface area contributed by atoms with Gasteiger partial charge in [0.05, 0.1) is 4.88 Å². The largest absolute Gasteiger partial charge is 0.384 e. The number of carbonyl (C=O) groups excluding carboxylic acids is 1. The molecule has 0 saturated heterocycles. The van der Waals surface area contributed by atoms with E-state index in [1.165, 1.54) is 11.3 Å². The Morgan fingerprint density at radius 2 is 2.36 bits per heavy atom. The van der Waals surface area contributed by atoms with Crippen molar-refractivity contribution in [2.24, 2.45) is 5.92 Å². The van der Waals surface area contributed by atoms with Gasteiger partial charge in [0.1, 0.15) is 0 Å². The zero-order chi connectivity index (χ0) is 10.6. The van der Waals surface area contributed by atoms with Gasteiger partial charge in [0.25, 0.3) is 0 Å². The fourth-order valence-corrected chi connectivity index (χ4v) is 2.29. The number of hydrogen-bond donors (Lipinski definition) is 0. The second-order valence-corrected chi connectivity index (χ2v) is 4.54. The molecule has 0 aliphatic rings. The quantitative estimate of drug-likeness (QED) is 0.701. The molecule has 1 atom stereocenters. The highest BCUT2D eigenvalue weighted by Gasteiger charge is 2.14. The summed E-state index contributed by atoms with van der Waals surface area (Å²) >= 11 is 1.53. The van der Waals surface area contributed by atoms with E-state index in [2.05, 4.69) is 0 Å². The van der Waals surface area contributed by atoms with Crippen LogP contribution >= 0.6 is 11.3 Å². The van der Waals surface area contributed by atoms with E-state index in [0.717, 1.165) is 10.4 Å². The zero-order valence-electron chi connectivity index (χ0n) is 8.87. The van der Waals surface area contributed by atoms with Gasteiger partial charge in [0, 0.05) is 20.1 Å². The summed E-state index contributed by atoms with van der Waals surface area (Å²) in [6.07, 6.45) is 0.579. The van der Waals surface area contributed by atoms with E-state index in [4.69, 9.17) is 4.74 Å². The first-order valence-electron chi connectivity index (χ1n) is 4.71. The predicted octanol–water partition coefficient (Wildman–Crippen LogP) is 2.91. The Morgan fingerprint density at radius 3 is 2.86 bits per heavy atom. The van der Waals surface area contributed by atoms with E-state index in [-0.39, 0.29) is 5.78 Å². The smallest absolute Gasteiger partial charge is 0.173 e. The van der Waals surface area contributed by atoms with Crippen LogP contribution in [0, 0.1) is 12.8 Å². The van der Waals surface area contributed by atoms with Gasteiger partial charge in [-0.25, -0.2) is 0 Å². The fourth-order valence-electron chi connectivity index (χ4n) is 1.41. The van der Waals surface area contributed by atoms with E-state index in [1.54, 1.807) is 7.11 Å². The number of Topliss-reactive ketones (excluding diaryl/α,β-unsaturated/α-hetero) is 1. The molecule has 1 heterocycles. The van der Waals surface area contributed by atoms with E-state index >= 15 is 0 Å². The normalized spacial score (nSPS) is 12.8. The highest BCUT2D eigenvalue weighted by Crippen LogP contribution is 2.19. The second-order valence-electron chi connectivity index (χ2n) is 3.62. The lowest BCUT2D eigenvalue weighted by Gasteiger charge is -2.08. The van der Waals surface area contributed by atoms with Crippen LogP contribution in [0.5, 0.6) is 0 Å². The molecule has 14 heavy (non-hydrogen) atoms. The monoisotopic (exact) mass is 212 g/mol. The third-order valence-corrected chi connectivity index (χ3v) is 3.16. The van der Waals surface area contributed by atoms with Gasteiger partial charge in [-0.3, -0.25) is 4.79 Å². The molecule has 1 rings (SSSR count). The van der Waals surface area contributed by atoms with Crippen molar-refractivity contribution in [3.05, 3.63) is 21.9 Å². The lowest BCUT2D eigenvalue weighted by molar-refractivity contribution is 0.0923. The van der Waals surface area contributed by atoms with Crippen LogP contribution in [0.25, 0.3) is 0 Å². The molecule has 0 aromatic carbocycles. The van der Waals surface area contributed by atoms with Gasteiger partial charge in [-0.1, -0.05) is 6.92 Å². The van der Waals surface area contributed by atoms with Crippen molar-refractivity contribution in [1.82, 2.24) is 0 Å². The first-order chi connectivity index (χ1) is 6.65. The minimum atomic E-state index is 0.238. The van der Waals surface area contributed by atoms with E-state index < -0.39 is 0 Å². The summed E-state index contributed by atoms with van der Waals surface area (Å²) in [7, 11) is 1.66. The molecule has 0 radical (unpaired) electrons. The van der Waals surface area contributed by atoms with Crippen LogP contribution in [0.2, 0.25) is 0 Å². The van der Waals surface area contributed by atoms with Crippen LogP contribution in [0.1, 0.15) is 28.6 Å². The molecule has 0 spiro atoms.